The molecule has 0 saturated carbocycles. The second-order valence-corrected chi connectivity index (χ2v) is 8.85. The predicted octanol–water partition coefficient (Wildman–Crippen LogP) is 3.84. The molecule has 162 valence electrons. The van der Waals surface area contributed by atoms with Gasteiger partial charge in [-0.15, -0.1) is 0 Å². The topological polar surface area (TPSA) is 82.1 Å². The summed E-state index contributed by atoms with van der Waals surface area (Å²) in [5, 5.41) is 0. The Kier molecular flexibility index (Phi) is 7.33. The van der Waals surface area contributed by atoms with Crippen molar-refractivity contribution in [1.82, 2.24) is 4.31 Å². The van der Waals surface area contributed by atoms with E-state index in [9.17, 15) is 13.2 Å². The van der Waals surface area contributed by atoms with Gasteiger partial charge >= 0.3 is 5.97 Å². The van der Waals surface area contributed by atoms with Gasteiger partial charge in [-0.1, -0.05) is 0 Å². The molecular formula is C22H27NO6S. The van der Waals surface area contributed by atoms with Crippen molar-refractivity contribution in [3.63, 3.8) is 0 Å². The summed E-state index contributed by atoms with van der Waals surface area (Å²) >= 11 is 0. The molecule has 1 heterocycles. The van der Waals surface area contributed by atoms with Gasteiger partial charge in [0.15, 0.2) is 0 Å². The molecular weight excluding hydrogens is 406 g/mol. The molecule has 0 spiro atoms. The van der Waals surface area contributed by atoms with Crippen LogP contribution < -0.4 is 9.47 Å². The van der Waals surface area contributed by atoms with E-state index in [1.54, 1.807) is 31.2 Å². The summed E-state index contributed by atoms with van der Waals surface area (Å²) in [6, 6.07) is 13.6. The molecule has 0 aromatic heterocycles. The van der Waals surface area contributed by atoms with Crippen LogP contribution >= 0.6 is 0 Å². The minimum Gasteiger partial charge on any atom is -0.494 e. The fraction of sp³-hybridized carbons (Fsp3) is 0.409. The van der Waals surface area contributed by atoms with E-state index in [0.29, 0.717) is 50.6 Å². The zero-order valence-electron chi connectivity index (χ0n) is 17.2. The molecule has 0 N–H and O–H groups in total. The Balaban J connectivity index is 1.61. The Labute approximate surface area is 177 Å². The number of hydrogen-bond donors (Lipinski definition) is 0. The van der Waals surface area contributed by atoms with Crippen molar-refractivity contribution in [1.29, 1.82) is 0 Å². The molecule has 8 heteroatoms. The number of piperidine rings is 1. The lowest BCUT2D eigenvalue weighted by Crippen LogP contribution is -2.40. The van der Waals surface area contributed by atoms with Crippen LogP contribution in [0.2, 0.25) is 0 Å². The van der Waals surface area contributed by atoms with Crippen LogP contribution in [-0.4, -0.2) is 45.0 Å². The number of benzene rings is 2. The average Bonchev–Trinajstić information content (AvgIpc) is 2.76. The third-order valence-electron chi connectivity index (χ3n) is 4.91. The highest BCUT2D eigenvalue weighted by molar-refractivity contribution is 7.89. The van der Waals surface area contributed by atoms with E-state index in [0.717, 1.165) is 5.75 Å². The molecule has 1 fully saturated rings. The van der Waals surface area contributed by atoms with Gasteiger partial charge in [0, 0.05) is 13.1 Å². The first-order valence-corrected chi connectivity index (χ1v) is 11.6. The molecule has 0 amide bonds. The normalized spacial score (nSPS) is 15.5. The van der Waals surface area contributed by atoms with E-state index >= 15 is 0 Å². The Bertz CT molecular complexity index is 933. The zero-order chi connectivity index (χ0) is 21.6. The molecule has 1 aliphatic rings. The molecule has 7 nitrogen and oxygen atoms in total. The van der Waals surface area contributed by atoms with Crippen LogP contribution in [0.1, 0.15) is 26.7 Å². The summed E-state index contributed by atoms with van der Waals surface area (Å²) in [4.78, 5) is 12.1. The summed E-state index contributed by atoms with van der Waals surface area (Å²) in [6.45, 7) is 5.22. The van der Waals surface area contributed by atoms with E-state index < -0.39 is 10.0 Å². The molecule has 30 heavy (non-hydrogen) atoms. The van der Waals surface area contributed by atoms with Crippen molar-refractivity contribution in [2.45, 2.75) is 31.6 Å². The summed E-state index contributed by atoms with van der Waals surface area (Å²) in [7, 11) is -3.62. The van der Waals surface area contributed by atoms with E-state index in [-0.39, 0.29) is 16.8 Å². The Morgan fingerprint density at radius 3 is 1.97 bits per heavy atom. The van der Waals surface area contributed by atoms with Crippen LogP contribution in [-0.2, 0) is 19.6 Å². The largest absolute Gasteiger partial charge is 0.494 e. The number of esters is 1. The summed E-state index contributed by atoms with van der Waals surface area (Å²) < 4.78 is 43.5. The van der Waals surface area contributed by atoms with Gasteiger partial charge in [0.2, 0.25) is 10.0 Å². The molecule has 1 aliphatic heterocycles. The summed E-state index contributed by atoms with van der Waals surface area (Å²) in [5.41, 5.74) is 0. The van der Waals surface area contributed by atoms with E-state index in [4.69, 9.17) is 14.2 Å². The molecule has 0 aliphatic carbocycles. The first kappa shape index (κ1) is 22.1. The smallest absolute Gasteiger partial charge is 0.309 e. The molecule has 3 rings (SSSR count). The van der Waals surface area contributed by atoms with Crippen molar-refractivity contribution in [2.24, 2.45) is 5.92 Å². The maximum absolute atomic E-state index is 12.9. The number of ether oxygens (including phenoxy) is 3. The maximum atomic E-state index is 12.9. The first-order chi connectivity index (χ1) is 14.4. The van der Waals surface area contributed by atoms with Crippen molar-refractivity contribution in [2.75, 3.05) is 26.3 Å². The number of hydrogen-bond acceptors (Lipinski definition) is 6. The minimum atomic E-state index is -3.62. The molecule has 2 aromatic carbocycles. The molecule has 0 bridgehead atoms. The third-order valence-corrected chi connectivity index (χ3v) is 6.82. The monoisotopic (exact) mass is 433 g/mol. The van der Waals surface area contributed by atoms with E-state index in [1.807, 2.05) is 19.1 Å². The fourth-order valence-corrected chi connectivity index (χ4v) is 4.80. The van der Waals surface area contributed by atoms with Crippen molar-refractivity contribution >= 4 is 16.0 Å². The predicted molar refractivity (Wildman–Crippen MR) is 112 cm³/mol. The molecule has 0 unspecified atom stereocenters. The fourth-order valence-electron chi connectivity index (χ4n) is 3.33. The third kappa shape index (κ3) is 5.31. The van der Waals surface area contributed by atoms with Crippen LogP contribution in [0.3, 0.4) is 0 Å². The van der Waals surface area contributed by atoms with Crippen LogP contribution in [0.4, 0.5) is 0 Å². The zero-order valence-corrected chi connectivity index (χ0v) is 18.1. The van der Waals surface area contributed by atoms with Gasteiger partial charge in [0.05, 0.1) is 24.0 Å². The van der Waals surface area contributed by atoms with Crippen molar-refractivity contribution < 1.29 is 27.4 Å². The second-order valence-electron chi connectivity index (χ2n) is 6.91. The van der Waals surface area contributed by atoms with Crippen LogP contribution in [0, 0.1) is 5.92 Å². The Morgan fingerprint density at radius 2 is 1.43 bits per heavy atom. The van der Waals surface area contributed by atoms with Gasteiger partial charge in [-0.25, -0.2) is 8.42 Å². The van der Waals surface area contributed by atoms with Crippen LogP contribution in [0.25, 0.3) is 0 Å². The van der Waals surface area contributed by atoms with Gasteiger partial charge in [0.1, 0.15) is 17.2 Å². The van der Waals surface area contributed by atoms with Gasteiger partial charge in [-0.05, 0) is 75.2 Å². The van der Waals surface area contributed by atoms with Gasteiger partial charge < -0.3 is 14.2 Å². The van der Waals surface area contributed by atoms with Crippen molar-refractivity contribution in [3.8, 4) is 17.2 Å². The first-order valence-electron chi connectivity index (χ1n) is 10.1. The van der Waals surface area contributed by atoms with E-state index in [2.05, 4.69) is 0 Å². The second kappa shape index (κ2) is 9.95. The SMILES string of the molecule is CCOC(=O)C1CCN(S(=O)(=O)c2ccc(Oc3ccc(OCC)cc3)cc2)CC1. The number of rotatable bonds is 8. The average molecular weight is 434 g/mol. The molecule has 1 saturated heterocycles. The lowest BCUT2D eigenvalue weighted by molar-refractivity contribution is -0.149. The number of nitrogens with zero attached hydrogens (tertiary/aromatic N) is 1. The summed E-state index contributed by atoms with van der Waals surface area (Å²) in [5.74, 6) is 1.46. The Hall–Kier alpha value is -2.58. The highest BCUT2D eigenvalue weighted by Crippen LogP contribution is 2.28. The van der Waals surface area contributed by atoms with Crippen LogP contribution in [0.15, 0.2) is 53.4 Å². The molecule has 0 atom stereocenters. The molecule has 2 aromatic rings. The maximum Gasteiger partial charge on any atom is 0.309 e. The number of carbonyl (C=O) groups excluding carboxylic acids is 1. The minimum absolute atomic E-state index is 0.205. The lowest BCUT2D eigenvalue weighted by Gasteiger charge is -2.30. The van der Waals surface area contributed by atoms with Crippen LogP contribution in [0.5, 0.6) is 17.2 Å². The van der Waals surface area contributed by atoms with Gasteiger partial charge in [-0.3, -0.25) is 4.79 Å². The highest BCUT2D eigenvalue weighted by Gasteiger charge is 2.32. The van der Waals surface area contributed by atoms with E-state index in [1.165, 1.54) is 16.4 Å². The highest BCUT2D eigenvalue weighted by atomic mass is 32.2. The van der Waals surface area contributed by atoms with Gasteiger partial charge in [0.25, 0.3) is 0 Å². The van der Waals surface area contributed by atoms with Gasteiger partial charge in [-0.2, -0.15) is 4.31 Å². The quantitative estimate of drug-likeness (QED) is 0.588. The number of sulfonamides is 1. The Morgan fingerprint density at radius 1 is 0.900 bits per heavy atom. The standard InChI is InChI=1S/C22H27NO6S/c1-3-27-18-5-7-19(8-6-18)29-20-9-11-21(12-10-20)30(25,26)23-15-13-17(14-16-23)22(24)28-4-2/h5-12,17H,3-4,13-16H2,1-2H3. The lowest BCUT2D eigenvalue weighted by atomic mass is 9.98. The van der Waals surface area contributed by atoms with Crippen molar-refractivity contribution in [3.05, 3.63) is 48.5 Å². The summed E-state index contributed by atoms with van der Waals surface area (Å²) in [6.07, 6.45) is 0.938. The number of carbonyl (C=O) groups is 1. The molecule has 0 radical (unpaired) electrons.